The van der Waals surface area contributed by atoms with E-state index in [-0.39, 0.29) is 18.6 Å². The Morgan fingerprint density at radius 3 is 2.87 bits per heavy atom. The third-order valence-corrected chi connectivity index (χ3v) is 4.25. The van der Waals surface area contributed by atoms with E-state index in [4.69, 9.17) is 4.74 Å². The summed E-state index contributed by atoms with van der Waals surface area (Å²) in [5.41, 5.74) is 1.26. The molecule has 1 aromatic heterocycles. The molecule has 1 amide bonds. The van der Waals surface area contributed by atoms with Crippen molar-refractivity contribution in [3.63, 3.8) is 0 Å². The van der Waals surface area contributed by atoms with Crippen LogP contribution in [0.3, 0.4) is 0 Å². The quantitative estimate of drug-likeness (QED) is 0.848. The van der Waals surface area contributed by atoms with Crippen LogP contribution < -0.4 is 4.74 Å². The highest BCUT2D eigenvalue weighted by molar-refractivity contribution is 5.77. The van der Waals surface area contributed by atoms with Crippen molar-refractivity contribution in [2.45, 2.75) is 32.2 Å². The number of nitrogens with zero attached hydrogens (tertiary/aromatic N) is 4. The highest BCUT2D eigenvalue weighted by Gasteiger charge is 2.25. The minimum atomic E-state index is 0.0226. The number of aryl methyl sites for hydroxylation is 1. The Bertz CT molecular complexity index is 625. The normalized spacial score (nSPS) is 18.0. The first kappa shape index (κ1) is 15.5. The third-order valence-electron chi connectivity index (χ3n) is 4.25. The molecule has 3 rings (SSSR count). The number of likely N-dealkylation sites (tertiary alicyclic amines) is 1. The average molecular weight is 314 g/mol. The number of hydrogen-bond donors (Lipinski definition) is 0. The molecule has 0 aliphatic carbocycles. The molecule has 122 valence electrons. The maximum absolute atomic E-state index is 12.4. The number of benzene rings is 1. The summed E-state index contributed by atoms with van der Waals surface area (Å²) in [6, 6.07) is 8.10. The molecule has 1 atom stereocenters. The molecular weight excluding hydrogens is 292 g/mol. The van der Waals surface area contributed by atoms with Crippen molar-refractivity contribution in [3.05, 3.63) is 42.5 Å². The highest BCUT2D eigenvalue weighted by Crippen LogP contribution is 2.20. The van der Waals surface area contributed by atoms with Crippen LogP contribution in [-0.2, 0) is 11.2 Å². The van der Waals surface area contributed by atoms with Crippen molar-refractivity contribution in [1.82, 2.24) is 19.7 Å². The molecule has 1 fully saturated rings. The highest BCUT2D eigenvalue weighted by atomic mass is 16.5. The summed E-state index contributed by atoms with van der Waals surface area (Å²) in [6.45, 7) is 3.64. The SMILES string of the molecule is CCc1ccc(OCC(=O)N2CCC[C@H](n3cncn3)C2)cc1. The van der Waals surface area contributed by atoms with E-state index in [1.807, 2.05) is 33.8 Å². The first-order valence-electron chi connectivity index (χ1n) is 8.10. The molecule has 0 spiro atoms. The number of hydrogen-bond acceptors (Lipinski definition) is 4. The van der Waals surface area contributed by atoms with E-state index >= 15 is 0 Å². The molecule has 1 aromatic carbocycles. The van der Waals surface area contributed by atoms with E-state index in [0.717, 1.165) is 31.6 Å². The Morgan fingerprint density at radius 2 is 2.17 bits per heavy atom. The van der Waals surface area contributed by atoms with Gasteiger partial charge in [0.05, 0.1) is 6.04 Å². The zero-order valence-corrected chi connectivity index (χ0v) is 13.4. The maximum atomic E-state index is 12.4. The molecule has 23 heavy (non-hydrogen) atoms. The van der Waals surface area contributed by atoms with Gasteiger partial charge in [0.15, 0.2) is 6.61 Å². The zero-order valence-electron chi connectivity index (χ0n) is 13.4. The van der Waals surface area contributed by atoms with Crippen molar-refractivity contribution >= 4 is 5.91 Å². The smallest absolute Gasteiger partial charge is 0.260 e. The summed E-state index contributed by atoms with van der Waals surface area (Å²) in [6.07, 6.45) is 6.23. The van der Waals surface area contributed by atoms with Gasteiger partial charge in [-0.2, -0.15) is 5.10 Å². The van der Waals surface area contributed by atoms with E-state index in [9.17, 15) is 4.79 Å². The van der Waals surface area contributed by atoms with Gasteiger partial charge in [0, 0.05) is 13.1 Å². The van der Waals surface area contributed by atoms with Crippen LogP contribution in [0.15, 0.2) is 36.9 Å². The van der Waals surface area contributed by atoms with Crippen LogP contribution in [0.1, 0.15) is 31.4 Å². The second-order valence-corrected chi connectivity index (χ2v) is 5.80. The number of ether oxygens (including phenoxy) is 1. The summed E-state index contributed by atoms with van der Waals surface area (Å²) in [7, 11) is 0. The van der Waals surface area contributed by atoms with Crippen LogP contribution in [0.2, 0.25) is 0 Å². The summed E-state index contributed by atoms with van der Waals surface area (Å²) in [5.74, 6) is 0.759. The Morgan fingerprint density at radius 1 is 1.35 bits per heavy atom. The van der Waals surface area contributed by atoms with E-state index in [0.29, 0.717) is 6.54 Å². The number of piperidine rings is 1. The Balaban J connectivity index is 1.53. The van der Waals surface area contributed by atoms with Crippen LogP contribution in [0.25, 0.3) is 0 Å². The van der Waals surface area contributed by atoms with E-state index in [1.54, 1.807) is 6.33 Å². The van der Waals surface area contributed by atoms with Crippen LogP contribution in [0.4, 0.5) is 0 Å². The fourth-order valence-corrected chi connectivity index (χ4v) is 2.86. The van der Waals surface area contributed by atoms with E-state index in [1.165, 1.54) is 11.9 Å². The predicted octanol–water partition coefficient (Wildman–Crippen LogP) is 2.08. The number of carbonyl (C=O) groups excluding carboxylic acids is 1. The van der Waals surface area contributed by atoms with Crippen molar-refractivity contribution in [1.29, 1.82) is 0 Å². The van der Waals surface area contributed by atoms with Gasteiger partial charge in [-0.25, -0.2) is 9.67 Å². The number of aromatic nitrogens is 3. The number of amides is 1. The van der Waals surface area contributed by atoms with Crippen LogP contribution >= 0.6 is 0 Å². The summed E-state index contributed by atoms with van der Waals surface area (Å²) >= 11 is 0. The predicted molar refractivity (Wildman–Crippen MR) is 86.2 cm³/mol. The van der Waals surface area contributed by atoms with Crippen molar-refractivity contribution in [3.8, 4) is 5.75 Å². The van der Waals surface area contributed by atoms with Gasteiger partial charge < -0.3 is 9.64 Å². The molecule has 6 nitrogen and oxygen atoms in total. The Kier molecular flexibility index (Phi) is 4.90. The fourth-order valence-electron chi connectivity index (χ4n) is 2.86. The maximum Gasteiger partial charge on any atom is 0.260 e. The van der Waals surface area contributed by atoms with Gasteiger partial charge in [0.1, 0.15) is 18.4 Å². The van der Waals surface area contributed by atoms with Gasteiger partial charge in [0.25, 0.3) is 5.91 Å². The van der Waals surface area contributed by atoms with Crippen molar-refractivity contribution in [2.24, 2.45) is 0 Å². The number of rotatable bonds is 5. The molecule has 6 heteroatoms. The monoisotopic (exact) mass is 314 g/mol. The van der Waals surface area contributed by atoms with Crippen molar-refractivity contribution in [2.75, 3.05) is 19.7 Å². The minimum absolute atomic E-state index is 0.0226. The standard InChI is InChI=1S/C17H22N4O2/c1-2-14-5-7-16(8-6-14)23-11-17(22)20-9-3-4-15(10-20)21-13-18-12-19-21/h5-8,12-13,15H,2-4,9-11H2,1H3/t15-/m0/s1. The molecule has 2 aromatic rings. The first-order chi connectivity index (χ1) is 11.3. The fraction of sp³-hybridized carbons (Fsp3) is 0.471. The second-order valence-electron chi connectivity index (χ2n) is 5.80. The second kappa shape index (κ2) is 7.26. The summed E-state index contributed by atoms with van der Waals surface area (Å²) < 4.78 is 7.46. The van der Waals surface area contributed by atoms with Crippen LogP contribution in [0.5, 0.6) is 5.75 Å². The molecule has 0 N–H and O–H groups in total. The van der Waals surface area contributed by atoms with Crippen molar-refractivity contribution < 1.29 is 9.53 Å². The lowest BCUT2D eigenvalue weighted by atomic mass is 10.1. The van der Waals surface area contributed by atoms with Crippen LogP contribution in [-0.4, -0.2) is 45.3 Å². The summed E-state index contributed by atoms with van der Waals surface area (Å²) in [4.78, 5) is 18.2. The minimum Gasteiger partial charge on any atom is -0.484 e. The first-order valence-corrected chi connectivity index (χ1v) is 8.10. The zero-order chi connectivity index (χ0) is 16.1. The summed E-state index contributed by atoms with van der Waals surface area (Å²) in [5, 5.41) is 4.18. The molecule has 1 aliphatic heterocycles. The van der Waals surface area contributed by atoms with Gasteiger partial charge >= 0.3 is 0 Å². The van der Waals surface area contributed by atoms with Crippen LogP contribution in [0, 0.1) is 0 Å². The number of carbonyl (C=O) groups is 1. The molecule has 0 radical (unpaired) electrons. The lowest BCUT2D eigenvalue weighted by Gasteiger charge is -2.32. The van der Waals surface area contributed by atoms with E-state index < -0.39 is 0 Å². The Hall–Kier alpha value is -2.37. The van der Waals surface area contributed by atoms with Gasteiger partial charge in [-0.1, -0.05) is 19.1 Å². The van der Waals surface area contributed by atoms with Gasteiger partial charge in [0.2, 0.25) is 0 Å². The molecule has 0 bridgehead atoms. The lowest BCUT2D eigenvalue weighted by Crippen LogP contribution is -2.43. The molecule has 1 saturated heterocycles. The lowest BCUT2D eigenvalue weighted by molar-refractivity contribution is -0.135. The van der Waals surface area contributed by atoms with E-state index in [2.05, 4.69) is 17.0 Å². The topological polar surface area (TPSA) is 60.2 Å². The molecule has 1 aliphatic rings. The Labute approximate surface area is 136 Å². The molecule has 2 heterocycles. The molecule has 0 saturated carbocycles. The molecular formula is C17H22N4O2. The largest absolute Gasteiger partial charge is 0.484 e. The van der Waals surface area contributed by atoms with Gasteiger partial charge in [-0.3, -0.25) is 4.79 Å². The average Bonchev–Trinajstić information content (AvgIpc) is 3.15. The van der Waals surface area contributed by atoms with Gasteiger partial charge in [-0.05, 0) is 37.0 Å². The van der Waals surface area contributed by atoms with Gasteiger partial charge in [-0.15, -0.1) is 0 Å². The third kappa shape index (κ3) is 3.88. The molecule has 0 unspecified atom stereocenters.